The van der Waals surface area contributed by atoms with Crippen molar-refractivity contribution >= 4 is 46.5 Å². The molecule has 5 nitrogen and oxygen atoms in total. The Bertz CT molecular complexity index is 957. The van der Waals surface area contributed by atoms with Gasteiger partial charge < -0.3 is 9.64 Å². The quantitative estimate of drug-likeness (QED) is 0.532. The van der Waals surface area contributed by atoms with E-state index in [-0.39, 0.29) is 29.5 Å². The van der Waals surface area contributed by atoms with E-state index in [2.05, 4.69) is 0 Å². The van der Waals surface area contributed by atoms with Crippen molar-refractivity contribution < 1.29 is 19.1 Å². The summed E-state index contributed by atoms with van der Waals surface area (Å²) in [6, 6.07) is 10.2. The number of anilines is 1. The average Bonchev–Trinajstić information content (AvgIpc) is 3.03. The molecule has 0 N–H and O–H groups in total. The molecule has 0 aliphatic carbocycles. The van der Waals surface area contributed by atoms with Crippen LogP contribution < -0.4 is 4.90 Å². The van der Waals surface area contributed by atoms with Crippen LogP contribution in [0.15, 0.2) is 36.4 Å². The molecule has 0 saturated carbocycles. The predicted octanol–water partition coefficient (Wildman–Crippen LogP) is 4.39. The van der Waals surface area contributed by atoms with Gasteiger partial charge in [-0.25, -0.2) is 0 Å². The molecule has 2 aromatic carbocycles. The minimum Gasteiger partial charge on any atom is -0.457 e. The van der Waals surface area contributed by atoms with Crippen molar-refractivity contribution in [2.75, 3.05) is 18.1 Å². The number of Topliss-reactive ketones (excluding diaryl/α,β-unsaturated/α-hetero) is 1. The molecule has 1 atom stereocenters. The smallest absolute Gasteiger partial charge is 0.311 e. The fraction of sp³-hybridized carbons (Fsp3) is 0.286. The van der Waals surface area contributed by atoms with Crippen molar-refractivity contribution in [3.63, 3.8) is 0 Å². The Hall–Kier alpha value is -2.37. The van der Waals surface area contributed by atoms with Gasteiger partial charge in [-0.1, -0.05) is 29.3 Å². The SMILES string of the molecule is Cc1ccc(N2C[C@@H](C(=O)OCC(=O)c3ccc(Cl)cc3Cl)CC2=O)cc1C. The summed E-state index contributed by atoms with van der Waals surface area (Å²) in [5.74, 6) is -1.75. The number of hydrogen-bond donors (Lipinski definition) is 0. The number of hydrogen-bond acceptors (Lipinski definition) is 4. The van der Waals surface area contributed by atoms with E-state index in [1.807, 2.05) is 32.0 Å². The van der Waals surface area contributed by atoms with E-state index < -0.39 is 24.3 Å². The van der Waals surface area contributed by atoms with Crippen molar-refractivity contribution in [3.8, 4) is 0 Å². The lowest BCUT2D eigenvalue weighted by molar-refractivity contribution is -0.147. The number of aryl methyl sites for hydroxylation is 2. The van der Waals surface area contributed by atoms with Gasteiger partial charge in [0, 0.05) is 29.2 Å². The number of esters is 1. The Morgan fingerprint density at radius 3 is 2.54 bits per heavy atom. The molecule has 2 aromatic rings. The van der Waals surface area contributed by atoms with Crippen molar-refractivity contribution in [1.29, 1.82) is 0 Å². The molecule has 1 heterocycles. The summed E-state index contributed by atoms with van der Waals surface area (Å²) < 4.78 is 5.14. The lowest BCUT2D eigenvalue weighted by atomic mass is 10.1. The third-order valence-corrected chi connectivity index (χ3v) is 5.39. The number of halogens is 2. The van der Waals surface area contributed by atoms with Gasteiger partial charge in [-0.2, -0.15) is 0 Å². The second kappa shape index (κ2) is 8.33. The number of amides is 1. The number of carbonyl (C=O) groups is 3. The van der Waals surface area contributed by atoms with Gasteiger partial charge in [-0.05, 0) is 55.3 Å². The van der Waals surface area contributed by atoms with Crippen molar-refractivity contribution in [3.05, 3.63) is 63.1 Å². The molecule has 0 aromatic heterocycles. The predicted molar refractivity (Wildman–Crippen MR) is 108 cm³/mol. The molecule has 0 radical (unpaired) electrons. The molecule has 7 heteroatoms. The Morgan fingerprint density at radius 1 is 1.11 bits per heavy atom. The van der Waals surface area contributed by atoms with Crippen LogP contribution in [0.3, 0.4) is 0 Å². The van der Waals surface area contributed by atoms with E-state index in [0.717, 1.165) is 16.8 Å². The summed E-state index contributed by atoms with van der Waals surface area (Å²) in [6.45, 7) is 3.76. The molecule has 28 heavy (non-hydrogen) atoms. The Kier molecular flexibility index (Phi) is 6.06. The van der Waals surface area contributed by atoms with Crippen molar-refractivity contribution in [2.24, 2.45) is 5.92 Å². The third-order valence-electron chi connectivity index (χ3n) is 4.84. The Morgan fingerprint density at radius 2 is 1.86 bits per heavy atom. The topological polar surface area (TPSA) is 63.7 Å². The Labute approximate surface area is 173 Å². The number of rotatable bonds is 5. The van der Waals surface area contributed by atoms with Gasteiger partial charge in [0.05, 0.1) is 10.9 Å². The van der Waals surface area contributed by atoms with E-state index >= 15 is 0 Å². The highest BCUT2D eigenvalue weighted by molar-refractivity contribution is 6.36. The van der Waals surface area contributed by atoms with Crippen molar-refractivity contribution in [2.45, 2.75) is 20.3 Å². The minimum absolute atomic E-state index is 0.0572. The maximum Gasteiger partial charge on any atom is 0.311 e. The van der Waals surface area contributed by atoms with Gasteiger partial charge >= 0.3 is 5.97 Å². The highest BCUT2D eigenvalue weighted by atomic mass is 35.5. The zero-order chi connectivity index (χ0) is 20.4. The highest BCUT2D eigenvalue weighted by Crippen LogP contribution is 2.28. The largest absolute Gasteiger partial charge is 0.457 e. The Balaban J connectivity index is 1.61. The van der Waals surface area contributed by atoms with Gasteiger partial charge in [0.25, 0.3) is 0 Å². The van der Waals surface area contributed by atoms with E-state index in [4.69, 9.17) is 27.9 Å². The van der Waals surface area contributed by atoms with Crippen LogP contribution >= 0.6 is 23.2 Å². The highest BCUT2D eigenvalue weighted by Gasteiger charge is 2.36. The maximum atomic E-state index is 12.4. The summed E-state index contributed by atoms with van der Waals surface area (Å²) in [7, 11) is 0. The van der Waals surface area contributed by atoms with Crippen LogP contribution in [0.1, 0.15) is 27.9 Å². The normalized spacial score (nSPS) is 16.4. The van der Waals surface area contributed by atoms with Crippen LogP contribution in [0.4, 0.5) is 5.69 Å². The second-order valence-electron chi connectivity index (χ2n) is 6.83. The molecule has 0 bridgehead atoms. The van der Waals surface area contributed by atoms with E-state index in [1.165, 1.54) is 12.1 Å². The van der Waals surface area contributed by atoms with Gasteiger partial charge in [0.15, 0.2) is 6.61 Å². The first-order valence-electron chi connectivity index (χ1n) is 8.78. The molecule has 1 saturated heterocycles. The van der Waals surface area contributed by atoms with Crippen LogP contribution in [0.25, 0.3) is 0 Å². The zero-order valence-electron chi connectivity index (χ0n) is 15.5. The molecule has 1 fully saturated rings. The average molecular weight is 420 g/mol. The fourth-order valence-corrected chi connectivity index (χ4v) is 3.57. The molecule has 0 spiro atoms. The summed E-state index contributed by atoms with van der Waals surface area (Å²) in [5, 5.41) is 0.611. The number of nitrogens with zero attached hydrogens (tertiary/aromatic N) is 1. The van der Waals surface area contributed by atoms with E-state index in [0.29, 0.717) is 5.02 Å². The monoisotopic (exact) mass is 419 g/mol. The minimum atomic E-state index is -0.609. The first-order chi connectivity index (χ1) is 13.3. The number of ether oxygens (including phenoxy) is 1. The van der Waals surface area contributed by atoms with Crippen LogP contribution in [-0.2, 0) is 14.3 Å². The number of carbonyl (C=O) groups excluding carboxylic acids is 3. The second-order valence-corrected chi connectivity index (χ2v) is 7.67. The molecular formula is C21H19Cl2NO4. The molecule has 146 valence electrons. The fourth-order valence-electron chi connectivity index (χ4n) is 3.06. The van der Waals surface area contributed by atoms with E-state index in [9.17, 15) is 14.4 Å². The van der Waals surface area contributed by atoms with Crippen LogP contribution in [0.5, 0.6) is 0 Å². The standard InChI is InChI=1S/C21H19Cl2NO4/c1-12-3-5-16(7-13(12)2)24-10-14(8-20(24)26)21(27)28-11-19(25)17-6-4-15(22)9-18(17)23/h3-7,9,14H,8,10-11H2,1-2H3/t14-/m0/s1. The first-order valence-corrected chi connectivity index (χ1v) is 9.54. The van der Waals surface area contributed by atoms with Crippen LogP contribution in [0, 0.1) is 19.8 Å². The van der Waals surface area contributed by atoms with Crippen LogP contribution in [0.2, 0.25) is 10.0 Å². The van der Waals surface area contributed by atoms with Crippen molar-refractivity contribution in [1.82, 2.24) is 0 Å². The van der Waals surface area contributed by atoms with Gasteiger partial charge in [0.2, 0.25) is 11.7 Å². The lowest BCUT2D eigenvalue weighted by Gasteiger charge is -2.17. The van der Waals surface area contributed by atoms with Crippen LogP contribution in [-0.4, -0.2) is 30.8 Å². The molecular weight excluding hydrogens is 401 g/mol. The zero-order valence-corrected chi connectivity index (χ0v) is 17.0. The summed E-state index contributed by atoms with van der Waals surface area (Å²) in [4.78, 5) is 38.5. The van der Waals surface area contributed by atoms with E-state index in [1.54, 1.807) is 11.0 Å². The summed E-state index contributed by atoms with van der Waals surface area (Å²) in [5.41, 5.74) is 3.19. The number of ketones is 1. The lowest BCUT2D eigenvalue weighted by Crippen LogP contribution is -2.27. The first kappa shape index (κ1) is 20.4. The number of benzene rings is 2. The van der Waals surface area contributed by atoms with Gasteiger partial charge in [-0.3, -0.25) is 14.4 Å². The summed E-state index contributed by atoms with van der Waals surface area (Å²) in [6.07, 6.45) is 0.0572. The molecule has 3 rings (SSSR count). The molecule has 0 unspecified atom stereocenters. The maximum absolute atomic E-state index is 12.4. The third kappa shape index (κ3) is 4.37. The molecule has 1 aliphatic heterocycles. The summed E-state index contributed by atoms with van der Waals surface area (Å²) >= 11 is 11.8. The molecule has 1 amide bonds. The van der Waals surface area contributed by atoms with Gasteiger partial charge in [-0.15, -0.1) is 0 Å². The molecule has 1 aliphatic rings. The van der Waals surface area contributed by atoms with Gasteiger partial charge in [0.1, 0.15) is 0 Å².